The zero-order chi connectivity index (χ0) is 19.5. The Morgan fingerprint density at radius 3 is 1.24 bits per heavy atom. The molecule has 29 heavy (non-hydrogen) atoms. The zero-order valence-electron chi connectivity index (χ0n) is 17.0. The average molecular weight is 380 g/mol. The molecule has 0 unspecified atom stereocenters. The molecule has 0 saturated carbocycles. The van der Waals surface area contributed by atoms with Crippen molar-refractivity contribution in [3.05, 3.63) is 108 Å². The molecule has 146 valence electrons. The van der Waals surface area contributed by atoms with Gasteiger partial charge in [0.1, 0.15) is 5.60 Å². The molecule has 3 aromatic carbocycles. The van der Waals surface area contributed by atoms with Gasteiger partial charge in [0.25, 0.3) is 0 Å². The lowest BCUT2D eigenvalue weighted by molar-refractivity contribution is 0.133. The van der Waals surface area contributed by atoms with Gasteiger partial charge in [-0.15, -0.1) is 0 Å². The van der Waals surface area contributed by atoms with E-state index in [9.17, 15) is 0 Å². The van der Waals surface area contributed by atoms with E-state index in [2.05, 4.69) is 91.0 Å². The molecule has 0 amide bonds. The van der Waals surface area contributed by atoms with Crippen LogP contribution in [0.3, 0.4) is 0 Å². The van der Waals surface area contributed by atoms with E-state index in [0.717, 1.165) is 0 Å². The smallest absolute Gasteiger partial charge is 0.301 e. The van der Waals surface area contributed by atoms with Crippen LogP contribution in [-0.4, -0.2) is 6.92 Å². The summed E-state index contributed by atoms with van der Waals surface area (Å²) in [4.78, 5) is 0. The van der Waals surface area contributed by atoms with Gasteiger partial charge in [-0.05, 0) is 28.3 Å². The van der Waals surface area contributed by atoms with Crippen molar-refractivity contribution in [3.8, 4) is 0 Å². The molecule has 0 aliphatic carbocycles. The van der Waals surface area contributed by atoms with E-state index < -0.39 is 5.60 Å². The lowest BCUT2D eigenvalue weighted by atomic mass is 9.37. The minimum atomic E-state index is -0.570. The molecule has 0 atom stereocenters. The predicted molar refractivity (Wildman–Crippen MR) is 121 cm³/mol. The molecule has 0 spiro atoms. The first-order valence-electron chi connectivity index (χ1n) is 11.2. The second-order valence-corrected chi connectivity index (χ2v) is 8.74. The fourth-order valence-electron chi connectivity index (χ4n) is 5.73. The summed E-state index contributed by atoms with van der Waals surface area (Å²) < 4.78 is 7.40. The third kappa shape index (κ3) is 3.44. The van der Waals surface area contributed by atoms with Gasteiger partial charge in [-0.25, -0.2) is 0 Å². The Labute approximate surface area is 175 Å². The van der Waals surface area contributed by atoms with Gasteiger partial charge in [0.2, 0.25) is 0 Å². The first-order chi connectivity index (χ1) is 14.4. The summed E-state index contributed by atoms with van der Waals surface area (Å²) in [5, 5.41) is 0. The van der Waals surface area contributed by atoms with Gasteiger partial charge >= 0.3 is 6.92 Å². The second kappa shape index (κ2) is 8.20. The van der Waals surface area contributed by atoms with E-state index in [0.29, 0.717) is 18.6 Å². The molecule has 0 aromatic heterocycles. The molecular weight excluding hydrogens is 351 g/mol. The maximum atomic E-state index is 7.40. The summed E-state index contributed by atoms with van der Waals surface area (Å²) in [5.41, 5.74) is 3.10. The van der Waals surface area contributed by atoms with Crippen molar-refractivity contribution in [2.45, 2.75) is 55.8 Å². The van der Waals surface area contributed by atoms with Gasteiger partial charge in [-0.2, -0.15) is 0 Å². The van der Waals surface area contributed by atoms with Gasteiger partial charge < -0.3 is 4.65 Å². The molecule has 2 fully saturated rings. The molecule has 1 nitrogen and oxygen atoms in total. The van der Waals surface area contributed by atoms with Gasteiger partial charge in [0, 0.05) is 0 Å². The standard InChI is InChI=1S/C27H29BO/c1-4-12-22(13-5-1)27(23-14-6-2-7-15-23,24-16-8-3-9-17-24)29-28-25-18-10-19-26(28)21-11-20-25/h1-9,12-17,25-26H,10-11,18-21H2. The molecule has 3 aromatic rings. The molecule has 0 N–H and O–H groups in total. The van der Waals surface area contributed by atoms with Crippen LogP contribution in [0.15, 0.2) is 91.0 Å². The molecule has 5 rings (SSSR count). The summed E-state index contributed by atoms with van der Waals surface area (Å²) in [5.74, 6) is 1.39. The lowest BCUT2D eigenvalue weighted by Gasteiger charge is -2.46. The highest BCUT2D eigenvalue weighted by Crippen LogP contribution is 2.51. The first-order valence-corrected chi connectivity index (χ1v) is 11.2. The Bertz CT molecular complexity index is 790. The maximum absolute atomic E-state index is 7.40. The fraction of sp³-hybridized carbons (Fsp3) is 0.333. The summed E-state index contributed by atoms with van der Waals surface area (Å²) in [6, 6.07) is 32.5. The topological polar surface area (TPSA) is 9.23 Å². The Morgan fingerprint density at radius 1 is 0.552 bits per heavy atom. The normalized spacial score (nSPS) is 21.7. The van der Waals surface area contributed by atoms with E-state index >= 15 is 0 Å². The number of benzene rings is 3. The van der Waals surface area contributed by atoms with Crippen LogP contribution in [-0.2, 0) is 10.3 Å². The minimum Gasteiger partial charge on any atom is -0.419 e. The van der Waals surface area contributed by atoms with E-state index in [1.807, 2.05) is 0 Å². The molecular formula is C27H29BO. The third-order valence-corrected chi connectivity index (χ3v) is 7.08. The fourth-order valence-corrected chi connectivity index (χ4v) is 5.73. The second-order valence-electron chi connectivity index (χ2n) is 8.74. The Hall–Kier alpha value is -2.32. The van der Waals surface area contributed by atoms with Crippen LogP contribution < -0.4 is 0 Å². The van der Waals surface area contributed by atoms with Gasteiger partial charge in [-0.1, -0.05) is 130 Å². The molecule has 2 bridgehead atoms. The van der Waals surface area contributed by atoms with Gasteiger partial charge in [0.15, 0.2) is 0 Å². The van der Waals surface area contributed by atoms with E-state index in [1.54, 1.807) is 0 Å². The van der Waals surface area contributed by atoms with Crippen molar-refractivity contribution in [1.29, 1.82) is 0 Å². The highest BCUT2D eigenvalue weighted by atomic mass is 16.5. The maximum Gasteiger partial charge on any atom is 0.301 e. The molecule has 2 aliphatic heterocycles. The van der Waals surface area contributed by atoms with Crippen LogP contribution in [0, 0.1) is 0 Å². The Balaban J connectivity index is 1.70. The van der Waals surface area contributed by atoms with Gasteiger partial charge in [0.05, 0.1) is 0 Å². The number of rotatable bonds is 5. The van der Waals surface area contributed by atoms with Crippen molar-refractivity contribution in [3.63, 3.8) is 0 Å². The highest BCUT2D eigenvalue weighted by Gasteiger charge is 2.48. The molecule has 2 aliphatic rings. The van der Waals surface area contributed by atoms with Crippen molar-refractivity contribution in [2.24, 2.45) is 0 Å². The predicted octanol–water partition coefficient (Wildman–Crippen LogP) is 7.09. The van der Waals surface area contributed by atoms with Crippen LogP contribution in [0.4, 0.5) is 0 Å². The monoisotopic (exact) mass is 380 g/mol. The van der Waals surface area contributed by atoms with Crippen LogP contribution in [0.25, 0.3) is 0 Å². The molecule has 0 radical (unpaired) electrons. The largest absolute Gasteiger partial charge is 0.419 e. The SMILES string of the molecule is c1ccc(C(OB2C3CCCC2CCC3)(c2ccccc2)c2ccccc2)cc1. The van der Waals surface area contributed by atoms with E-state index in [-0.39, 0.29) is 0 Å². The van der Waals surface area contributed by atoms with Crippen molar-refractivity contribution >= 4 is 6.92 Å². The van der Waals surface area contributed by atoms with E-state index in [4.69, 9.17) is 4.65 Å². The Morgan fingerprint density at radius 2 is 0.897 bits per heavy atom. The van der Waals surface area contributed by atoms with Crippen LogP contribution in [0.2, 0.25) is 11.6 Å². The first kappa shape index (κ1) is 18.7. The summed E-state index contributed by atoms with van der Waals surface area (Å²) in [7, 11) is 0. The summed E-state index contributed by atoms with van der Waals surface area (Å²) in [6.07, 6.45) is 7.99. The average Bonchev–Trinajstić information content (AvgIpc) is 2.79. The third-order valence-electron chi connectivity index (χ3n) is 7.08. The van der Waals surface area contributed by atoms with Crippen molar-refractivity contribution in [2.75, 3.05) is 0 Å². The molecule has 2 saturated heterocycles. The number of fused-ring (bicyclic) bond motifs is 2. The van der Waals surface area contributed by atoms with Gasteiger partial charge in [-0.3, -0.25) is 0 Å². The summed E-state index contributed by atoms with van der Waals surface area (Å²) >= 11 is 0. The van der Waals surface area contributed by atoms with Crippen LogP contribution >= 0.6 is 0 Å². The van der Waals surface area contributed by atoms with E-state index in [1.165, 1.54) is 55.2 Å². The van der Waals surface area contributed by atoms with Crippen molar-refractivity contribution in [1.82, 2.24) is 0 Å². The quantitative estimate of drug-likeness (QED) is 0.339. The minimum absolute atomic E-state index is 0.332. The summed E-state index contributed by atoms with van der Waals surface area (Å²) in [6.45, 7) is 0.332. The lowest BCUT2D eigenvalue weighted by Crippen LogP contribution is -2.45. The van der Waals surface area contributed by atoms with Crippen LogP contribution in [0.1, 0.15) is 55.2 Å². The van der Waals surface area contributed by atoms with Crippen molar-refractivity contribution < 1.29 is 4.65 Å². The zero-order valence-corrected chi connectivity index (χ0v) is 17.0. The number of hydrogen-bond acceptors (Lipinski definition) is 1. The number of hydrogen-bond donors (Lipinski definition) is 0. The molecule has 2 heterocycles. The van der Waals surface area contributed by atoms with Crippen LogP contribution in [0.5, 0.6) is 0 Å². The Kier molecular flexibility index (Phi) is 5.29. The highest BCUT2D eigenvalue weighted by molar-refractivity contribution is 6.56. The molecule has 2 heteroatoms.